The van der Waals surface area contributed by atoms with Gasteiger partial charge in [0.15, 0.2) is 11.5 Å². The second-order valence-corrected chi connectivity index (χ2v) is 6.90. The van der Waals surface area contributed by atoms with E-state index >= 15 is 0 Å². The fourth-order valence-corrected chi connectivity index (χ4v) is 3.69. The molecular formula is C17H19BrO4S. The Bertz CT molecular complexity index is 655. The first kappa shape index (κ1) is 17.8. The molecule has 2 rings (SSSR count). The molecule has 4 nitrogen and oxygen atoms in total. The van der Waals surface area contributed by atoms with Crippen LogP contribution in [0, 0.1) is 0 Å². The van der Waals surface area contributed by atoms with Crippen LogP contribution in [0.2, 0.25) is 0 Å². The summed E-state index contributed by atoms with van der Waals surface area (Å²) >= 11 is 4.95. The molecule has 1 unspecified atom stereocenters. The number of halogens is 1. The van der Waals surface area contributed by atoms with Gasteiger partial charge >= 0.3 is 5.97 Å². The lowest BCUT2D eigenvalue weighted by Crippen LogP contribution is -2.13. The van der Waals surface area contributed by atoms with Crippen molar-refractivity contribution in [3.05, 3.63) is 44.6 Å². The number of rotatable bonds is 8. The zero-order valence-corrected chi connectivity index (χ0v) is 15.4. The van der Waals surface area contributed by atoms with Crippen LogP contribution >= 0.6 is 27.3 Å². The topological polar surface area (TPSA) is 55.8 Å². The standard InChI is InChI=1S/C17H19BrO4S/c1-3-6-22-16-13(18)9-11(10-14(16)21-2)8-12(17(19)20)15-5-4-7-23-15/h4-5,7,9-10,12H,3,6,8H2,1-2H3,(H,19,20). The van der Waals surface area contributed by atoms with E-state index in [1.165, 1.54) is 11.3 Å². The fraction of sp³-hybridized carbons (Fsp3) is 0.353. The molecule has 0 fully saturated rings. The van der Waals surface area contributed by atoms with Crippen molar-refractivity contribution in [3.8, 4) is 11.5 Å². The number of thiophene rings is 1. The summed E-state index contributed by atoms with van der Waals surface area (Å²) in [6.45, 7) is 2.63. The number of hydrogen-bond acceptors (Lipinski definition) is 4. The van der Waals surface area contributed by atoms with Crippen LogP contribution in [0.5, 0.6) is 11.5 Å². The van der Waals surface area contributed by atoms with Gasteiger partial charge in [0.2, 0.25) is 0 Å². The molecule has 0 aliphatic heterocycles. The van der Waals surface area contributed by atoms with Gasteiger partial charge in [0, 0.05) is 4.88 Å². The van der Waals surface area contributed by atoms with Gasteiger partial charge in [0.25, 0.3) is 0 Å². The van der Waals surface area contributed by atoms with E-state index in [1.807, 2.05) is 36.6 Å². The Morgan fingerprint density at radius 1 is 1.43 bits per heavy atom. The Balaban J connectivity index is 2.29. The Morgan fingerprint density at radius 2 is 2.22 bits per heavy atom. The predicted octanol–water partition coefficient (Wildman–Crippen LogP) is 4.72. The molecule has 0 saturated carbocycles. The van der Waals surface area contributed by atoms with E-state index in [0.717, 1.165) is 21.3 Å². The van der Waals surface area contributed by atoms with E-state index in [9.17, 15) is 9.90 Å². The molecule has 124 valence electrons. The minimum Gasteiger partial charge on any atom is -0.493 e. The van der Waals surface area contributed by atoms with Gasteiger partial charge in [-0.05, 0) is 57.9 Å². The second-order valence-electron chi connectivity index (χ2n) is 5.07. The number of carboxylic acid groups (broad SMARTS) is 1. The SMILES string of the molecule is CCCOc1c(Br)cc(CC(C(=O)O)c2cccs2)cc1OC. The second kappa shape index (κ2) is 8.36. The van der Waals surface area contributed by atoms with Crippen molar-refractivity contribution in [3.63, 3.8) is 0 Å². The summed E-state index contributed by atoms with van der Waals surface area (Å²) in [6.07, 6.45) is 1.30. The summed E-state index contributed by atoms with van der Waals surface area (Å²) in [6, 6.07) is 7.47. The lowest BCUT2D eigenvalue weighted by molar-refractivity contribution is -0.138. The molecule has 1 atom stereocenters. The summed E-state index contributed by atoms with van der Waals surface area (Å²) in [5.41, 5.74) is 0.887. The van der Waals surface area contributed by atoms with Gasteiger partial charge in [-0.15, -0.1) is 11.3 Å². The zero-order chi connectivity index (χ0) is 16.8. The lowest BCUT2D eigenvalue weighted by atomic mass is 9.97. The third-order valence-corrected chi connectivity index (χ3v) is 4.94. The van der Waals surface area contributed by atoms with Crippen LogP contribution in [0.3, 0.4) is 0 Å². The van der Waals surface area contributed by atoms with Crippen molar-refractivity contribution in [2.75, 3.05) is 13.7 Å². The molecule has 1 N–H and O–H groups in total. The summed E-state index contributed by atoms with van der Waals surface area (Å²) in [4.78, 5) is 12.4. The molecule has 1 aromatic heterocycles. The average molecular weight is 399 g/mol. The molecule has 0 spiro atoms. The number of ether oxygens (including phenoxy) is 2. The van der Waals surface area contributed by atoms with Crippen molar-refractivity contribution in [2.24, 2.45) is 0 Å². The maximum absolute atomic E-state index is 11.6. The Hall–Kier alpha value is -1.53. The molecule has 0 radical (unpaired) electrons. The third-order valence-electron chi connectivity index (χ3n) is 3.36. The highest BCUT2D eigenvalue weighted by Crippen LogP contribution is 2.38. The van der Waals surface area contributed by atoms with E-state index in [-0.39, 0.29) is 0 Å². The third kappa shape index (κ3) is 4.48. The first-order chi connectivity index (χ1) is 11.1. The van der Waals surface area contributed by atoms with E-state index in [2.05, 4.69) is 15.9 Å². The summed E-state index contributed by atoms with van der Waals surface area (Å²) < 4.78 is 11.9. The molecule has 0 aliphatic rings. The lowest BCUT2D eigenvalue weighted by Gasteiger charge is -2.16. The van der Waals surface area contributed by atoms with Crippen LogP contribution in [-0.4, -0.2) is 24.8 Å². The monoisotopic (exact) mass is 398 g/mol. The number of methoxy groups -OCH3 is 1. The van der Waals surface area contributed by atoms with Crippen LogP contribution < -0.4 is 9.47 Å². The minimum atomic E-state index is -0.825. The fourth-order valence-electron chi connectivity index (χ4n) is 2.27. The Morgan fingerprint density at radius 3 is 2.78 bits per heavy atom. The predicted molar refractivity (Wildman–Crippen MR) is 94.9 cm³/mol. The van der Waals surface area contributed by atoms with E-state index < -0.39 is 11.9 Å². The molecule has 6 heteroatoms. The first-order valence-electron chi connectivity index (χ1n) is 7.32. The molecule has 23 heavy (non-hydrogen) atoms. The van der Waals surface area contributed by atoms with Crippen LogP contribution in [0.25, 0.3) is 0 Å². The van der Waals surface area contributed by atoms with Gasteiger partial charge in [-0.3, -0.25) is 4.79 Å². The average Bonchev–Trinajstić information content (AvgIpc) is 3.04. The highest BCUT2D eigenvalue weighted by atomic mass is 79.9. The molecule has 2 aromatic rings. The number of benzene rings is 1. The summed E-state index contributed by atoms with van der Waals surface area (Å²) in [5, 5.41) is 11.4. The highest BCUT2D eigenvalue weighted by molar-refractivity contribution is 9.10. The molecular weight excluding hydrogens is 380 g/mol. The normalized spacial score (nSPS) is 12.0. The number of carbonyl (C=O) groups is 1. The maximum Gasteiger partial charge on any atom is 0.312 e. The van der Waals surface area contributed by atoms with Crippen molar-refractivity contribution < 1.29 is 19.4 Å². The van der Waals surface area contributed by atoms with Crippen LogP contribution in [0.15, 0.2) is 34.1 Å². The minimum absolute atomic E-state index is 0.402. The van der Waals surface area contributed by atoms with Gasteiger partial charge in [-0.25, -0.2) is 0 Å². The van der Waals surface area contributed by atoms with Gasteiger partial charge in [-0.1, -0.05) is 13.0 Å². The van der Waals surface area contributed by atoms with E-state index in [0.29, 0.717) is 24.5 Å². The van der Waals surface area contributed by atoms with Crippen LogP contribution in [0.4, 0.5) is 0 Å². The number of aliphatic carboxylic acids is 1. The van der Waals surface area contributed by atoms with E-state index in [1.54, 1.807) is 7.11 Å². The zero-order valence-electron chi connectivity index (χ0n) is 13.0. The molecule has 1 aromatic carbocycles. The van der Waals surface area contributed by atoms with Crippen LogP contribution in [-0.2, 0) is 11.2 Å². The number of hydrogen-bond donors (Lipinski definition) is 1. The molecule has 0 aliphatic carbocycles. The van der Waals surface area contributed by atoms with Crippen LogP contribution in [0.1, 0.15) is 29.7 Å². The van der Waals surface area contributed by atoms with Gasteiger partial charge in [0.1, 0.15) is 0 Å². The van der Waals surface area contributed by atoms with Crippen molar-refractivity contribution in [2.45, 2.75) is 25.7 Å². The Kier molecular flexibility index (Phi) is 6.47. The smallest absolute Gasteiger partial charge is 0.312 e. The van der Waals surface area contributed by atoms with E-state index in [4.69, 9.17) is 9.47 Å². The molecule has 0 bridgehead atoms. The molecule has 0 amide bonds. The van der Waals surface area contributed by atoms with Gasteiger partial charge < -0.3 is 14.6 Å². The van der Waals surface area contributed by atoms with Gasteiger partial charge in [-0.2, -0.15) is 0 Å². The van der Waals surface area contributed by atoms with Crippen molar-refractivity contribution >= 4 is 33.2 Å². The number of carboxylic acids is 1. The highest BCUT2D eigenvalue weighted by Gasteiger charge is 2.23. The quantitative estimate of drug-likeness (QED) is 0.698. The largest absolute Gasteiger partial charge is 0.493 e. The maximum atomic E-state index is 11.6. The van der Waals surface area contributed by atoms with Crippen molar-refractivity contribution in [1.82, 2.24) is 0 Å². The molecule has 0 saturated heterocycles. The Labute approximate surface area is 148 Å². The van der Waals surface area contributed by atoms with Gasteiger partial charge in [0.05, 0.1) is 24.1 Å². The van der Waals surface area contributed by atoms with Crippen molar-refractivity contribution in [1.29, 1.82) is 0 Å². The molecule has 1 heterocycles. The summed E-state index contributed by atoms with van der Waals surface area (Å²) in [7, 11) is 1.58. The first-order valence-corrected chi connectivity index (χ1v) is 8.99. The summed E-state index contributed by atoms with van der Waals surface area (Å²) in [5.74, 6) is -0.123.